The molecule has 9 heteroatoms. The zero-order valence-electron chi connectivity index (χ0n) is 17.0. The summed E-state index contributed by atoms with van der Waals surface area (Å²) >= 11 is 5.99. The minimum atomic E-state index is -0.739. The van der Waals surface area contributed by atoms with Crippen LogP contribution >= 0.6 is 11.6 Å². The van der Waals surface area contributed by atoms with Crippen LogP contribution in [-0.4, -0.2) is 42.6 Å². The van der Waals surface area contributed by atoms with E-state index in [1.165, 1.54) is 4.90 Å². The van der Waals surface area contributed by atoms with E-state index in [0.29, 0.717) is 22.0 Å². The van der Waals surface area contributed by atoms with Crippen LogP contribution in [0.3, 0.4) is 0 Å². The molecule has 2 rings (SSSR count). The van der Waals surface area contributed by atoms with Crippen LogP contribution in [0.1, 0.15) is 45.4 Å². The van der Waals surface area contributed by atoms with E-state index in [1.807, 2.05) is 6.07 Å². The van der Waals surface area contributed by atoms with Crippen molar-refractivity contribution in [3.05, 3.63) is 51.8 Å². The van der Waals surface area contributed by atoms with Crippen LogP contribution in [0.2, 0.25) is 5.02 Å². The molecule has 1 heterocycles. The summed E-state index contributed by atoms with van der Waals surface area (Å²) in [6, 6.07) is 8.59. The third kappa shape index (κ3) is 5.39. The molecule has 0 aliphatic carbocycles. The van der Waals surface area contributed by atoms with Crippen LogP contribution in [-0.2, 0) is 14.3 Å². The quantitative estimate of drug-likeness (QED) is 0.639. The summed E-state index contributed by atoms with van der Waals surface area (Å²) in [4.78, 5) is 41.4. The Balaban J connectivity index is 2.15. The number of ether oxygens (including phenoxy) is 2. The Kier molecular flexibility index (Phi) is 8.01. The highest BCUT2D eigenvalue weighted by Gasteiger charge is 2.25. The molecule has 158 valence electrons. The molecule has 0 unspecified atom stereocenters. The summed E-state index contributed by atoms with van der Waals surface area (Å²) in [6.07, 6.45) is 0.102. The van der Waals surface area contributed by atoms with Gasteiger partial charge in [-0.3, -0.25) is 4.79 Å². The van der Waals surface area contributed by atoms with Crippen molar-refractivity contribution in [3.8, 4) is 6.07 Å². The van der Waals surface area contributed by atoms with Crippen LogP contribution < -0.4 is 4.90 Å². The van der Waals surface area contributed by atoms with Crippen molar-refractivity contribution in [2.45, 2.75) is 27.2 Å². The minimum absolute atomic E-state index is 0.102. The first-order valence-corrected chi connectivity index (χ1v) is 9.64. The predicted molar refractivity (Wildman–Crippen MR) is 111 cm³/mol. The van der Waals surface area contributed by atoms with Crippen molar-refractivity contribution < 1.29 is 23.9 Å². The molecule has 1 aromatic carbocycles. The molecule has 0 bridgehead atoms. The second-order valence-electron chi connectivity index (χ2n) is 6.35. The largest absolute Gasteiger partial charge is 0.461 e. The van der Waals surface area contributed by atoms with Crippen molar-refractivity contribution in [2.75, 3.05) is 24.7 Å². The zero-order chi connectivity index (χ0) is 22.3. The molecule has 8 nitrogen and oxygen atoms in total. The average Bonchev–Trinajstić information content (AvgIpc) is 3.01. The number of nitriles is 1. The van der Waals surface area contributed by atoms with Gasteiger partial charge in [0.1, 0.15) is 5.69 Å². The van der Waals surface area contributed by atoms with Crippen molar-refractivity contribution in [1.82, 2.24) is 4.98 Å². The zero-order valence-corrected chi connectivity index (χ0v) is 17.7. The lowest BCUT2D eigenvalue weighted by Crippen LogP contribution is -2.35. The highest BCUT2D eigenvalue weighted by Crippen LogP contribution is 2.22. The van der Waals surface area contributed by atoms with Crippen LogP contribution in [0.4, 0.5) is 5.69 Å². The van der Waals surface area contributed by atoms with Crippen molar-refractivity contribution in [3.63, 3.8) is 0 Å². The molecule has 0 spiro atoms. The van der Waals surface area contributed by atoms with Gasteiger partial charge in [0, 0.05) is 22.9 Å². The lowest BCUT2D eigenvalue weighted by atomic mass is 10.1. The molecule has 0 fully saturated rings. The van der Waals surface area contributed by atoms with Gasteiger partial charge in [-0.15, -0.1) is 0 Å². The number of aryl methyl sites for hydroxylation is 1. The first kappa shape index (κ1) is 23.0. The maximum atomic E-state index is 12.7. The van der Waals surface area contributed by atoms with E-state index in [0.717, 1.165) is 0 Å². The van der Waals surface area contributed by atoms with Crippen molar-refractivity contribution >= 4 is 35.1 Å². The molecular weight excluding hydrogens is 410 g/mol. The fraction of sp³-hybridized carbons (Fsp3) is 0.333. The highest BCUT2D eigenvalue weighted by molar-refractivity contribution is 6.30. The summed E-state index contributed by atoms with van der Waals surface area (Å²) in [5, 5.41) is 9.31. The number of amides is 1. The molecule has 2 aromatic rings. The highest BCUT2D eigenvalue weighted by atomic mass is 35.5. The number of carbonyl (C=O) groups is 3. The smallest absolute Gasteiger partial charge is 0.355 e. The number of carbonyl (C=O) groups excluding carboxylic acids is 3. The van der Waals surface area contributed by atoms with Gasteiger partial charge in [-0.2, -0.15) is 5.26 Å². The number of aromatic nitrogens is 1. The second kappa shape index (κ2) is 10.5. The molecule has 1 N–H and O–H groups in total. The lowest BCUT2D eigenvalue weighted by molar-refractivity contribution is -0.121. The van der Waals surface area contributed by atoms with Gasteiger partial charge < -0.3 is 19.4 Å². The number of hydrogen-bond donors (Lipinski definition) is 1. The van der Waals surface area contributed by atoms with E-state index in [2.05, 4.69) is 4.98 Å². The molecule has 0 saturated carbocycles. The number of H-pyrrole nitrogens is 1. The summed E-state index contributed by atoms with van der Waals surface area (Å²) in [7, 11) is 0. The average molecular weight is 432 g/mol. The number of aromatic amines is 1. The summed E-state index contributed by atoms with van der Waals surface area (Å²) in [5.41, 5.74) is 1.67. The van der Waals surface area contributed by atoms with Crippen LogP contribution in [0.15, 0.2) is 24.3 Å². The standard InChI is InChI=1S/C21H22ClN3O5/c1-4-29-21(28)19-13(2)18(14(3)24-19)20(27)30-12-17(26)25(10-6-9-23)16-8-5-7-15(22)11-16/h5,7-8,11,24H,4,6,10,12H2,1-3H3. The molecule has 1 aromatic heterocycles. The third-order valence-electron chi connectivity index (χ3n) is 4.32. The Morgan fingerprint density at radius 3 is 2.57 bits per heavy atom. The maximum absolute atomic E-state index is 12.7. The molecule has 1 amide bonds. The Labute approximate surface area is 179 Å². The number of hydrogen-bond acceptors (Lipinski definition) is 6. The maximum Gasteiger partial charge on any atom is 0.355 e. The van der Waals surface area contributed by atoms with Gasteiger partial charge in [0.15, 0.2) is 6.61 Å². The lowest BCUT2D eigenvalue weighted by Gasteiger charge is -2.22. The van der Waals surface area contributed by atoms with Crippen LogP contribution in [0.25, 0.3) is 0 Å². The van der Waals surface area contributed by atoms with Gasteiger partial charge in [-0.25, -0.2) is 9.59 Å². The normalized spacial score (nSPS) is 10.2. The van der Waals surface area contributed by atoms with Crippen molar-refractivity contribution in [2.24, 2.45) is 0 Å². The van der Waals surface area contributed by atoms with Gasteiger partial charge in [-0.05, 0) is 44.5 Å². The summed E-state index contributed by atoms with van der Waals surface area (Å²) in [6.45, 7) is 4.70. The molecule has 0 aliphatic heterocycles. The number of rotatable bonds is 8. The first-order valence-electron chi connectivity index (χ1n) is 9.26. The number of esters is 2. The molecular formula is C21H22ClN3O5. The molecule has 0 radical (unpaired) electrons. The van der Waals surface area contributed by atoms with Crippen LogP contribution in [0, 0.1) is 25.2 Å². The van der Waals surface area contributed by atoms with E-state index in [-0.39, 0.29) is 30.8 Å². The van der Waals surface area contributed by atoms with Crippen LogP contribution in [0.5, 0.6) is 0 Å². The monoisotopic (exact) mass is 431 g/mol. The SMILES string of the molecule is CCOC(=O)c1[nH]c(C)c(C(=O)OCC(=O)N(CCC#N)c2cccc(Cl)c2)c1C. The van der Waals surface area contributed by atoms with Gasteiger partial charge in [0.25, 0.3) is 5.91 Å². The first-order chi connectivity index (χ1) is 14.3. The second-order valence-corrected chi connectivity index (χ2v) is 6.79. The fourth-order valence-electron chi connectivity index (χ4n) is 2.94. The number of halogens is 1. The van der Waals surface area contributed by atoms with Gasteiger partial charge in [0.05, 0.1) is 24.7 Å². The van der Waals surface area contributed by atoms with Gasteiger partial charge in [-0.1, -0.05) is 17.7 Å². The number of nitrogens with one attached hydrogen (secondary N) is 1. The molecule has 30 heavy (non-hydrogen) atoms. The Morgan fingerprint density at radius 2 is 1.93 bits per heavy atom. The Hall–Kier alpha value is -3.31. The topological polar surface area (TPSA) is 112 Å². The number of anilines is 1. The molecule has 0 aliphatic rings. The number of benzene rings is 1. The fourth-order valence-corrected chi connectivity index (χ4v) is 3.13. The van der Waals surface area contributed by atoms with E-state index >= 15 is 0 Å². The van der Waals surface area contributed by atoms with E-state index < -0.39 is 24.5 Å². The summed E-state index contributed by atoms with van der Waals surface area (Å²) < 4.78 is 10.2. The third-order valence-corrected chi connectivity index (χ3v) is 4.55. The van der Waals surface area contributed by atoms with E-state index in [1.54, 1.807) is 45.0 Å². The minimum Gasteiger partial charge on any atom is -0.461 e. The van der Waals surface area contributed by atoms with E-state index in [9.17, 15) is 14.4 Å². The number of nitrogens with zero attached hydrogens (tertiary/aromatic N) is 2. The molecule has 0 atom stereocenters. The van der Waals surface area contributed by atoms with Crippen molar-refractivity contribution in [1.29, 1.82) is 5.26 Å². The predicted octanol–water partition coefficient (Wildman–Crippen LogP) is 3.57. The van der Waals surface area contributed by atoms with Gasteiger partial charge in [0.2, 0.25) is 0 Å². The molecule has 0 saturated heterocycles. The van der Waals surface area contributed by atoms with Gasteiger partial charge >= 0.3 is 11.9 Å². The Bertz CT molecular complexity index is 993. The summed E-state index contributed by atoms with van der Waals surface area (Å²) in [5.74, 6) is -1.81. The Morgan fingerprint density at radius 1 is 1.20 bits per heavy atom. The van der Waals surface area contributed by atoms with E-state index in [4.69, 9.17) is 26.3 Å².